The minimum absolute atomic E-state index is 0.0134. The monoisotopic (exact) mass is 400 g/mol. The van der Waals surface area contributed by atoms with E-state index < -0.39 is 5.91 Å². The smallest absolute Gasteiger partial charge is 0.242 e. The Morgan fingerprint density at radius 1 is 1.07 bits per heavy atom. The lowest BCUT2D eigenvalue weighted by Gasteiger charge is -2.48. The summed E-state index contributed by atoms with van der Waals surface area (Å²) in [7, 11) is 5.80. The zero-order valence-corrected chi connectivity index (χ0v) is 17.7. The molecule has 7 nitrogen and oxygen atoms in total. The van der Waals surface area contributed by atoms with E-state index in [0.717, 1.165) is 25.7 Å². The summed E-state index contributed by atoms with van der Waals surface area (Å²) in [6.07, 6.45) is 4.38. The summed E-state index contributed by atoms with van der Waals surface area (Å²) in [6, 6.07) is 10.6. The third-order valence-electron chi connectivity index (χ3n) is 6.86. The molecule has 3 amide bonds. The third kappa shape index (κ3) is 4.29. The number of nitrogens with two attached hydrogens (primary N) is 1. The van der Waals surface area contributed by atoms with E-state index in [0.29, 0.717) is 13.0 Å². The second kappa shape index (κ2) is 8.14. The van der Waals surface area contributed by atoms with E-state index in [-0.39, 0.29) is 35.9 Å². The van der Waals surface area contributed by atoms with Gasteiger partial charge in [0.1, 0.15) is 0 Å². The topological polar surface area (TPSA) is 86.9 Å². The quantitative estimate of drug-likeness (QED) is 0.777. The largest absolute Gasteiger partial charge is 0.368 e. The van der Waals surface area contributed by atoms with Gasteiger partial charge in [-0.2, -0.15) is 0 Å². The van der Waals surface area contributed by atoms with Crippen molar-refractivity contribution in [3.8, 4) is 0 Å². The van der Waals surface area contributed by atoms with Crippen LogP contribution in [-0.4, -0.2) is 73.2 Å². The highest BCUT2D eigenvalue weighted by atomic mass is 16.2. The molecule has 1 saturated heterocycles. The van der Waals surface area contributed by atoms with Crippen LogP contribution in [0.15, 0.2) is 30.3 Å². The fraction of sp³-hybridized carbons (Fsp3) is 0.591. The summed E-state index contributed by atoms with van der Waals surface area (Å²) in [4.78, 5) is 41.3. The van der Waals surface area contributed by atoms with Crippen LogP contribution in [0.5, 0.6) is 0 Å². The number of primary amides is 1. The van der Waals surface area contributed by atoms with Crippen LogP contribution >= 0.6 is 0 Å². The highest BCUT2D eigenvalue weighted by Crippen LogP contribution is 2.52. The van der Waals surface area contributed by atoms with Crippen LogP contribution < -0.4 is 5.73 Å². The molecule has 1 aliphatic heterocycles. The van der Waals surface area contributed by atoms with E-state index in [9.17, 15) is 14.4 Å². The molecule has 1 aliphatic carbocycles. The van der Waals surface area contributed by atoms with Crippen molar-refractivity contribution >= 4 is 17.7 Å². The van der Waals surface area contributed by atoms with Crippen LogP contribution in [0.1, 0.15) is 37.7 Å². The normalized spacial score (nSPS) is 26.9. The van der Waals surface area contributed by atoms with Gasteiger partial charge in [-0.25, -0.2) is 0 Å². The Hall–Kier alpha value is -2.41. The Morgan fingerprint density at radius 2 is 1.69 bits per heavy atom. The van der Waals surface area contributed by atoms with Gasteiger partial charge in [0.05, 0.1) is 13.1 Å². The molecule has 2 fully saturated rings. The molecule has 7 heteroatoms. The van der Waals surface area contributed by atoms with Crippen molar-refractivity contribution in [3.05, 3.63) is 35.9 Å². The lowest BCUT2D eigenvalue weighted by molar-refractivity contribution is -0.139. The van der Waals surface area contributed by atoms with E-state index in [1.807, 2.05) is 6.07 Å². The van der Waals surface area contributed by atoms with Gasteiger partial charge in [0.15, 0.2) is 0 Å². The third-order valence-corrected chi connectivity index (χ3v) is 6.86. The highest BCUT2D eigenvalue weighted by Gasteiger charge is 2.50. The van der Waals surface area contributed by atoms with Gasteiger partial charge in [-0.15, -0.1) is 0 Å². The van der Waals surface area contributed by atoms with Gasteiger partial charge in [0.25, 0.3) is 0 Å². The molecular weight excluding hydrogens is 368 g/mol. The van der Waals surface area contributed by atoms with Crippen molar-refractivity contribution in [1.82, 2.24) is 14.7 Å². The Kier molecular flexibility index (Phi) is 5.98. The number of carbonyl (C=O) groups excluding carboxylic acids is 3. The van der Waals surface area contributed by atoms with Gasteiger partial charge in [-0.05, 0) is 50.8 Å². The SMILES string of the molecule is CN(CC(N)=O)C(=O)CN1CC2(CCC(c3ccccc3)(N(C)C)CC2)CC1=O. The molecule has 0 bridgehead atoms. The number of nitrogens with zero attached hydrogens (tertiary/aromatic N) is 3. The first-order chi connectivity index (χ1) is 13.7. The molecule has 29 heavy (non-hydrogen) atoms. The Morgan fingerprint density at radius 3 is 2.24 bits per heavy atom. The molecule has 3 rings (SSSR count). The molecule has 2 N–H and O–H groups in total. The van der Waals surface area contributed by atoms with E-state index >= 15 is 0 Å². The zero-order valence-electron chi connectivity index (χ0n) is 17.7. The number of rotatable bonds is 6. The van der Waals surface area contributed by atoms with Crippen LogP contribution in [0.4, 0.5) is 0 Å². The molecule has 1 aromatic carbocycles. The summed E-state index contributed by atoms with van der Waals surface area (Å²) in [5.74, 6) is -0.780. The van der Waals surface area contributed by atoms with Crippen LogP contribution in [0.3, 0.4) is 0 Å². The van der Waals surface area contributed by atoms with Crippen molar-refractivity contribution in [1.29, 1.82) is 0 Å². The number of hydrogen-bond donors (Lipinski definition) is 1. The molecule has 0 atom stereocenters. The zero-order chi connectivity index (χ0) is 21.2. The van der Waals surface area contributed by atoms with Crippen LogP contribution in [-0.2, 0) is 19.9 Å². The molecule has 158 valence electrons. The number of likely N-dealkylation sites (tertiary alicyclic amines) is 1. The second-order valence-corrected chi connectivity index (χ2v) is 8.93. The molecule has 1 saturated carbocycles. The van der Waals surface area contributed by atoms with Crippen molar-refractivity contribution in [3.63, 3.8) is 0 Å². The summed E-state index contributed by atoms with van der Waals surface area (Å²) in [5, 5.41) is 0. The van der Waals surface area contributed by atoms with E-state index in [4.69, 9.17) is 5.73 Å². The van der Waals surface area contributed by atoms with Gasteiger partial charge in [-0.3, -0.25) is 19.3 Å². The molecular formula is C22H32N4O3. The van der Waals surface area contributed by atoms with Gasteiger partial charge >= 0.3 is 0 Å². The maximum atomic E-state index is 12.6. The second-order valence-electron chi connectivity index (χ2n) is 8.93. The molecule has 1 heterocycles. The van der Waals surface area contributed by atoms with Crippen LogP contribution in [0.2, 0.25) is 0 Å². The lowest BCUT2D eigenvalue weighted by Crippen LogP contribution is -2.47. The minimum Gasteiger partial charge on any atom is -0.368 e. The maximum Gasteiger partial charge on any atom is 0.242 e. The van der Waals surface area contributed by atoms with Gasteiger partial charge in [-0.1, -0.05) is 30.3 Å². The molecule has 1 aromatic rings. The highest BCUT2D eigenvalue weighted by molar-refractivity contribution is 5.88. The number of amides is 3. The molecule has 1 spiro atoms. The van der Waals surface area contributed by atoms with Crippen molar-refractivity contribution in [2.45, 2.75) is 37.6 Å². The average Bonchev–Trinajstić information content (AvgIpc) is 2.97. The van der Waals surface area contributed by atoms with E-state index in [1.165, 1.54) is 17.5 Å². The Balaban J connectivity index is 1.67. The predicted molar refractivity (Wildman–Crippen MR) is 111 cm³/mol. The first kappa shape index (κ1) is 21.3. The van der Waals surface area contributed by atoms with E-state index in [1.54, 1.807) is 4.90 Å². The molecule has 0 radical (unpaired) electrons. The first-order valence-corrected chi connectivity index (χ1v) is 10.2. The summed E-state index contributed by atoms with van der Waals surface area (Å²) >= 11 is 0. The fourth-order valence-corrected chi connectivity index (χ4v) is 5.00. The Bertz CT molecular complexity index is 770. The van der Waals surface area contributed by atoms with Gasteiger partial charge < -0.3 is 15.5 Å². The molecule has 2 aliphatic rings. The minimum atomic E-state index is -0.557. The predicted octanol–water partition coefficient (Wildman–Crippen LogP) is 1.18. The number of carbonyl (C=O) groups is 3. The maximum absolute atomic E-state index is 12.6. The van der Waals surface area contributed by atoms with Crippen molar-refractivity contribution in [2.75, 3.05) is 40.8 Å². The average molecular weight is 401 g/mol. The molecule has 0 unspecified atom stereocenters. The fourth-order valence-electron chi connectivity index (χ4n) is 5.00. The number of hydrogen-bond acceptors (Lipinski definition) is 4. The van der Waals surface area contributed by atoms with Gasteiger partial charge in [0.2, 0.25) is 17.7 Å². The van der Waals surface area contributed by atoms with Crippen molar-refractivity contribution in [2.24, 2.45) is 11.1 Å². The Labute approximate surface area is 172 Å². The number of benzene rings is 1. The van der Waals surface area contributed by atoms with Gasteiger partial charge in [0, 0.05) is 25.6 Å². The summed E-state index contributed by atoms with van der Waals surface area (Å²) < 4.78 is 0. The summed E-state index contributed by atoms with van der Waals surface area (Å²) in [6.45, 7) is 0.497. The van der Waals surface area contributed by atoms with Crippen LogP contribution in [0, 0.1) is 5.41 Å². The van der Waals surface area contributed by atoms with Crippen molar-refractivity contribution < 1.29 is 14.4 Å². The number of likely N-dealkylation sites (N-methyl/N-ethyl adjacent to an activating group) is 1. The molecule has 0 aromatic heterocycles. The van der Waals surface area contributed by atoms with E-state index in [2.05, 4.69) is 43.3 Å². The van der Waals surface area contributed by atoms with Crippen LogP contribution in [0.25, 0.3) is 0 Å². The standard InChI is InChI=1S/C22H32N4O3/c1-24(2)22(17-7-5-4-6-8-17)11-9-21(10-12-22)13-19(28)26(16-21)15-20(29)25(3)14-18(23)27/h4-8H,9-16H2,1-3H3,(H2,23,27). The first-order valence-electron chi connectivity index (χ1n) is 10.2. The lowest BCUT2D eigenvalue weighted by atomic mass is 9.64. The summed E-state index contributed by atoms with van der Waals surface area (Å²) in [5.41, 5.74) is 6.41.